The van der Waals surface area contributed by atoms with Gasteiger partial charge in [-0.15, -0.1) is 0 Å². The Hall–Kier alpha value is -1.11. The van der Waals surface area contributed by atoms with Gasteiger partial charge in [-0.2, -0.15) is 0 Å². The second-order valence-electron chi connectivity index (χ2n) is 4.72. The van der Waals surface area contributed by atoms with Gasteiger partial charge in [0, 0.05) is 17.4 Å². The molecule has 2 rings (SSSR count). The van der Waals surface area contributed by atoms with Crippen LogP contribution < -0.4 is 0 Å². The molecule has 0 heterocycles. The highest BCUT2D eigenvalue weighted by atomic mass is 16.1. The second-order valence-corrected chi connectivity index (χ2v) is 4.72. The van der Waals surface area contributed by atoms with Crippen molar-refractivity contribution in [3.05, 3.63) is 35.4 Å². The van der Waals surface area contributed by atoms with E-state index < -0.39 is 0 Å². The number of fused-ring (bicyclic) bond motifs is 1. The van der Waals surface area contributed by atoms with Gasteiger partial charge in [-0.25, -0.2) is 0 Å². The van der Waals surface area contributed by atoms with Crippen LogP contribution >= 0.6 is 0 Å². The number of carbonyl (C=O) groups excluding carboxylic acids is 1. The molecule has 0 fully saturated rings. The van der Waals surface area contributed by atoms with Gasteiger partial charge < -0.3 is 0 Å². The van der Waals surface area contributed by atoms with Gasteiger partial charge in [0.15, 0.2) is 5.78 Å². The molecule has 1 aliphatic rings. The molecule has 0 aliphatic heterocycles. The van der Waals surface area contributed by atoms with Crippen molar-refractivity contribution >= 4 is 5.78 Å². The van der Waals surface area contributed by atoms with E-state index in [0.717, 1.165) is 5.56 Å². The third-order valence-electron chi connectivity index (χ3n) is 3.64. The molecule has 1 aromatic rings. The minimum Gasteiger partial charge on any atom is -0.294 e. The van der Waals surface area contributed by atoms with Crippen LogP contribution in [0.4, 0.5) is 0 Å². The number of benzene rings is 1. The summed E-state index contributed by atoms with van der Waals surface area (Å²) in [6.07, 6.45) is 0.671. The summed E-state index contributed by atoms with van der Waals surface area (Å²) < 4.78 is 0. The fourth-order valence-corrected chi connectivity index (χ4v) is 2.26. The number of carbonyl (C=O) groups is 1. The molecule has 1 heteroatoms. The summed E-state index contributed by atoms with van der Waals surface area (Å²) in [7, 11) is 0. The first-order valence-corrected chi connectivity index (χ1v) is 5.18. The van der Waals surface area contributed by atoms with Crippen molar-refractivity contribution in [1.82, 2.24) is 0 Å². The molecule has 1 aromatic carbocycles. The summed E-state index contributed by atoms with van der Waals surface area (Å²) in [5.41, 5.74) is 2.22. The summed E-state index contributed by atoms with van der Waals surface area (Å²) in [4.78, 5) is 11.8. The molecule has 0 saturated heterocycles. The fourth-order valence-electron chi connectivity index (χ4n) is 2.26. The van der Waals surface area contributed by atoms with Crippen LogP contribution in [-0.4, -0.2) is 5.78 Å². The Balaban J connectivity index is 2.59. The maximum atomic E-state index is 11.8. The van der Waals surface area contributed by atoms with Crippen LogP contribution in [-0.2, 0) is 5.41 Å². The van der Waals surface area contributed by atoms with Crippen LogP contribution in [0.2, 0.25) is 0 Å². The van der Waals surface area contributed by atoms with E-state index in [2.05, 4.69) is 26.8 Å². The topological polar surface area (TPSA) is 17.1 Å². The summed E-state index contributed by atoms with van der Waals surface area (Å²) in [5.74, 6) is 0.812. The van der Waals surface area contributed by atoms with Crippen LogP contribution in [0.1, 0.15) is 43.1 Å². The lowest BCUT2D eigenvalue weighted by Gasteiger charge is -2.29. The van der Waals surface area contributed by atoms with Crippen LogP contribution in [0.5, 0.6) is 0 Å². The first-order valence-electron chi connectivity index (χ1n) is 5.18. The van der Waals surface area contributed by atoms with Gasteiger partial charge in [0.25, 0.3) is 0 Å². The van der Waals surface area contributed by atoms with Gasteiger partial charge in [-0.3, -0.25) is 4.79 Å². The molecule has 0 aromatic heterocycles. The Morgan fingerprint density at radius 3 is 2.57 bits per heavy atom. The third-order valence-corrected chi connectivity index (χ3v) is 3.64. The third kappa shape index (κ3) is 1.12. The van der Waals surface area contributed by atoms with E-state index in [-0.39, 0.29) is 5.41 Å². The van der Waals surface area contributed by atoms with Gasteiger partial charge in [0.2, 0.25) is 0 Å². The summed E-state index contributed by atoms with van der Waals surface area (Å²) in [6, 6.07) is 8.02. The van der Waals surface area contributed by atoms with Crippen molar-refractivity contribution in [2.24, 2.45) is 5.92 Å². The normalized spacial score (nSPS) is 25.6. The average molecular weight is 188 g/mol. The van der Waals surface area contributed by atoms with E-state index in [1.54, 1.807) is 0 Å². The largest absolute Gasteiger partial charge is 0.294 e. The zero-order valence-corrected chi connectivity index (χ0v) is 9.00. The van der Waals surface area contributed by atoms with Crippen LogP contribution in [0.3, 0.4) is 0 Å². The molecule has 0 amide bonds. The quantitative estimate of drug-likeness (QED) is 0.661. The second kappa shape index (κ2) is 2.94. The molecule has 1 aliphatic carbocycles. The molecule has 0 bridgehead atoms. The maximum Gasteiger partial charge on any atom is 0.164 e. The molecular formula is C13H16O. The molecule has 14 heavy (non-hydrogen) atoms. The summed E-state index contributed by atoms with van der Waals surface area (Å²) in [5, 5.41) is 0. The van der Waals surface area contributed by atoms with E-state index in [1.807, 2.05) is 18.2 Å². The number of Topliss-reactive ketones (excluding diaryl/α,β-unsaturated/α-hetero) is 1. The minimum atomic E-state index is 0.0493. The molecule has 0 saturated carbocycles. The van der Waals surface area contributed by atoms with Gasteiger partial charge >= 0.3 is 0 Å². The Morgan fingerprint density at radius 1 is 1.29 bits per heavy atom. The first kappa shape index (κ1) is 9.45. The van der Waals surface area contributed by atoms with Gasteiger partial charge in [-0.1, -0.05) is 45.0 Å². The molecule has 1 unspecified atom stereocenters. The van der Waals surface area contributed by atoms with Crippen molar-refractivity contribution in [2.45, 2.75) is 32.6 Å². The molecular weight excluding hydrogens is 172 g/mol. The van der Waals surface area contributed by atoms with Crippen molar-refractivity contribution in [2.75, 3.05) is 0 Å². The van der Waals surface area contributed by atoms with E-state index >= 15 is 0 Å². The highest BCUT2D eigenvalue weighted by Gasteiger charge is 2.41. The van der Waals surface area contributed by atoms with E-state index in [0.29, 0.717) is 18.1 Å². The minimum absolute atomic E-state index is 0.0493. The van der Waals surface area contributed by atoms with Crippen molar-refractivity contribution in [1.29, 1.82) is 0 Å². The lowest BCUT2D eigenvalue weighted by Crippen LogP contribution is -2.25. The van der Waals surface area contributed by atoms with Crippen LogP contribution in [0.15, 0.2) is 24.3 Å². The van der Waals surface area contributed by atoms with Crippen LogP contribution in [0, 0.1) is 5.92 Å². The Labute approximate surface area is 85.1 Å². The number of ketones is 1. The average Bonchev–Trinajstić information content (AvgIpc) is 2.42. The van der Waals surface area contributed by atoms with Crippen molar-refractivity contribution in [3.63, 3.8) is 0 Å². The van der Waals surface area contributed by atoms with Gasteiger partial charge in [0.05, 0.1) is 0 Å². The smallest absolute Gasteiger partial charge is 0.164 e. The van der Waals surface area contributed by atoms with Gasteiger partial charge in [-0.05, 0) is 11.5 Å². The lowest BCUT2D eigenvalue weighted by atomic mass is 9.74. The van der Waals surface area contributed by atoms with E-state index in [4.69, 9.17) is 0 Å². The maximum absolute atomic E-state index is 11.8. The number of hydrogen-bond donors (Lipinski definition) is 0. The number of rotatable bonds is 1. The molecule has 0 radical (unpaired) electrons. The monoisotopic (exact) mass is 188 g/mol. The summed E-state index contributed by atoms with van der Waals surface area (Å²) in [6.45, 7) is 6.58. The highest BCUT2D eigenvalue weighted by molar-refractivity contribution is 6.02. The van der Waals surface area contributed by atoms with Crippen molar-refractivity contribution < 1.29 is 4.79 Å². The molecule has 0 spiro atoms. The first-order chi connectivity index (χ1) is 6.55. The Morgan fingerprint density at radius 2 is 1.93 bits per heavy atom. The van der Waals surface area contributed by atoms with Gasteiger partial charge in [0.1, 0.15) is 0 Å². The Bertz CT molecular complexity index is 379. The lowest BCUT2D eigenvalue weighted by molar-refractivity contribution is 0.0965. The zero-order chi connectivity index (χ0) is 10.3. The van der Waals surface area contributed by atoms with E-state index in [9.17, 15) is 4.79 Å². The highest BCUT2D eigenvalue weighted by Crippen LogP contribution is 2.43. The number of hydrogen-bond acceptors (Lipinski definition) is 1. The molecule has 1 atom stereocenters. The predicted octanol–water partition coefficient (Wildman–Crippen LogP) is 3.19. The fraction of sp³-hybridized carbons (Fsp3) is 0.462. The predicted molar refractivity (Wildman–Crippen MR) is 57.6 cm³/mol. The molecule has 1 nitrogen and oxygen atoms in total. The standard InChI is InChI=1S/C13H16O/c1-9(2)13(3)8-12(14)10-6-4-5-7-11(10)13/h4-7,9H,8H2,1-3H3. The van der Waals surface area contributed by atoms with E-state index in [1.165, 1.54) is 5.56 Å². The summed E-state index contributed by atoms with van der Waals surface area (Å²) >= 11 is 0. The molecule has 74 valence electrons. The zero-order valence-electron chi connectivity index (χ0n) is 9.00. The van der Waals surface area contributed by atoms with Crippen molar-refractivity contribution in [3.8, 4) is 0 Å². The Kier molecular flexibility index (Phi) is 1.99. The van der Waals surface area contributed by atoms with Crippen LogP contribution in [0.25, 0.3) is 0 Å². The molecule has 0 N–H and O–H groups in total. The SMILES string of the molecule is CC(C)C1(C)CC(=O)c2ccccc21.